The molecule has 0 aromatic carbocycles. The fourth-order valence-corrected chi connectivity index (χ4v) is 1.27. The van der Waals surface area contributed by atoms with Crippen LogP contribution in [0.5, 0.6) is 0 Å². The molecule has 0 aliphatic carbocycles. The molecule has 68 valence electrons. The Labute approximate surface area is 71.2 Å². The number of piperidine rings is 1. The molecule has 1 N–H and O–H groups in total. The Kier molecular flexibility index (Phi) is 2.81. The number of amides is 2. The molecule has 0 spiro atoms. The Bertz CT molecular complexity index is 184. The summed E-state index contributed by atoms with van der Waals surface area (Å²) in [5.74, 6) is -0.320. The summed E-state index contributed by atoms with van der Waals surface area (Å²) in [6, 6.07) is 0. The lowest BCUT2D eigenvalue weighted by molar-refractivity contribution is -0.149. The Hall–Kier alpha value is -0.900. The first-order valence-corrected chi connectivity index (χ1v) is 4.12. The van der Waals surface area contributed by atoms with E-state index in [9.17, 15) is 9.59 Å². The van der Waals surface area contributed by atoms with Gasteiger partial charge in [0.25, 0.3) is 0 Å². The van der Waals surface area contributed by atoms with Gasteiger partial charge in [0.2, 0.25) is 11.8 Å². The van der Waals surface area contributed by atoms with Gasteiger partial charge in [-0.25, -0.2) is 0 Å². The first-order valence-electron chi connectivity index (χ1n) is 4.12. The third-order valence-electron chi connectivity index (χ3n) is 1.83. The molecular weight excluding hydrogens is 158 g/mol. The predicted octanol–water partition coefficient (Wildman–Crippen LogP) is -0.0937. The number of rotatable bonds is 2. The smallest absolute Gasteiger partial charge is 0.229 e. The Balaban J connectivity index is 2.57. The minimum Gasteiger partial charge on any atom is -0.392 e. The molecule has 1 atom stereocenters. The van der Waals surface area contributed by atoms with Crippen LogP contribution in [0.1, 0.15) is 26.2 Å². The second-order valence-electron chi connectivity index (χ2n) is 3.10. The second-order valence-corrected chi connectivity index (χ2v) is 3.10. The zero-order valence-electron chi connectivity index (χ0n) is 7.12. The summed E-state index contributed by atoms with van der Waals surface area (Å²) in [5.41, 5.74) is 0. The van der Waals surface area contributed by atoms with Gasteiger partial charge in [0.15, 0.2) is 0 Å². The number of likely N-dealkylation sites (tertiary alicyclic amines) is 1. The monoisotopic (exact) mass is 171 g/mol. The van der Waals surface area contributed by atoms with Crippen LogP contribution in [0.2, 0.25) is 0 Å². The van der Waals surface area contributed by atoms with Crippen LogP contribution in [0.15, 0.2) is 0 Å². The largest absolute Gasteiger partial charge is 0.392 e. The maximum absolute atomic E-state index is 11.1. The van der Waals surface area contributed by atoms with Crippen molar-refractivity contribution in [1.29, 1.82) is 0 Å². The van der Waals surface area contributed by atoms with Crippen LogP contribution in [0.3, 0.4) is 0 Å². The normalized spacial score (nSPS) is 21.3. The number of nitrogens with zero attached hydrogens (tertiary/aromatic N) is 1. The quantitative estimate of drug-likeness (QED) is 0.590. The third-order valence-corrected chi connectivity index (χ3v) is 1.83. The van der Waals surface area contributed by atoms with Gasteiger partial charge in [-0.3, -0.25) is 14.5 Å². The highest BCUT2D eigenvalue weighted by Gasteiger charge is 2.26. The lowest BCUT2D eigenvalue weighted by atomic mass is 10.1. The number of hydrogen-bond acceptors (Lipinski definition) is 3. The summed E-state index contributed by atoms with van der Waals surface area (Å²) in [4.78, 5) is 23.4. The van der Waals surface area contributed by atoms with Crippen LogP contribution >= 0.6 is 0 Å². The van der Waals surface area contributed by atoms with Gasteiger partial charge in [-0.1, -0.05) is 0 Å². The number of aliphatic hydroxyl groups excluding tert-OH is 1. The number of carbonyl (C=O) groups is 2. The second kappa shape index (κ2) is 3.67. The van der Waals surface area contributed by atoms with Crippen molar-refractivity contribution in [2.24, 2.45) is 0 Å². The number of imide groups is 1. The molecule has 1 heterocycles. The predicted molar refractivity (Wildman–Crippen MR) is 42.3 cm³/mol. The summed E-state index contributed by atoms with van der Waals surface area (Å²) in [6.45, 7) is 1.70. The zero-order valence-corrected chi connectivity index (χ0v) is 7.12. The van der Waals surface area contributed by atoms with Gasteiger partial charge >= 0.3 is 0 Å². The maximum atomic E-state index is 11.1. The third kappa shape index (κ3) is 2.04. The highest BCUT2D eigenvalue weighted by atomic mass is 16.3. The molecule has 1 rings (SSSR count). The van der Waals surface area contributed by atoms with Gasteiger partial charge in [-0.2, -0.15) is 0 Å². The van der Waals surface area contributed by atoms with Crippen LogP contribution in [0.25, 0.3) is 0 Å². The van der Waals surface area contributed by atoms with Crippen molar-refractivity contribution in [3.8, 4) is 0 Å². The summed E-state index contributed by atoms with van der Waals surface area (Å²) in [6.07, 6.45) is 0.876. The van der Waals surface area contributed by atoms with Gasteiger partial charge in [-0.15, -0.1) is 0 Å². The first-order chi connectivity index (χ1) is 5.61. The van der Waals surface area contributed by atoms with Crippen LogP contribution in [-0.4, -0.2) is 34.5 Å². The molecule has 2 amide bonds. The van der Waals surface area contributed by atoms with Crippen molar-refractivity contribution >= 4 is 11.8 Å². The minimum absolute atomic E-state index is 0.137. The van der Waals surface area contributed by atoms with Gasteiger partial charge in [0.05, 0.1) is 12.6 Å². The molecule has 12 heavy (non-hydrogen) atoms. The molecule has 4 nitrogen and oxygen atoms in total. The van der Waals surface area contributed by atoms with Crippen LogP contribution in [0, 0.1) is 0 Å². The van der Waals surface area contributed by atoms with E-state index < -0.39 is 6.10 Å². The molecule has 1 aliphatic rings. The van der Waals surface area contributed by atoms with Crippen molar-refractivity contribution in [3.05, 3.63) is 0 Å². The van der Waals surface area contributed by atoms with Crippen molar-refractivity contribution < 1.29 is 14.7 Å². The highest BCUT2D eigenvalue weighted by Crippen LogP contribution is 2.12. The van der Waals surface area contributed by atoms with E-state index in [0.717, 1.165) is 4.90 Å². The van der Waals surface area contributed by atoms with E-state index in [1.165, 1.54) is 0 Å². The molecule has 0 unspecified atom stereocenters. The Morgan fingerprint density at radius 3 is 2.33 bits per heavy atom. The molecule has 0 radical (unpaired) electrons. The minimum atomic E-state index is -0.629. The fourth-order valence-electron chi connectivity index (χ4n) is 1.27. The number of carbonyl (C=O) groups excluding carboxylic acids is 2. The SMILES string of the molecule is C[C@@H](O)CN1C(=O)CCCC1=O. The van der Waals surface area contributed by atoms with E-state index >= 15 is 0 Å². The molecular formula is C8H13NO3. The summed E-state index contributed by atoms with van der Waals surface area (Å²) >= 11 is 0. The van der Waals surface area contributed by atoms with Crippen molar-refractivity contribution in [2.75, 3.05) is 6.54 Å². The molecule has 1 aliphatic heterocycles. The summed E-state index contributed by atoms with van der Waals surface area (Å²) < 4.78 is 0. The molecule has 0 bridgehead atoms. The van der Waals surface area contributed by atoms with Gasteiger partial charge in [0, 0.05) is 12.8 Å². The standard InChI is InChI=1S/C8H13NO3/c1-6(10)5-9-7(11)3-2-4-8(9)12/h6,10H,2-5H2,1H3/t6-/m1/s1. The topological polar surface area (TPSA) is 57.6 Å². The lowest BCUT2D eigenvalue weighted by Crippen LogP contribution is -2.43. The van der Waals surface area contributed by atoms with E-state index in [0.29, 0.717) is 19.3 Å². The highest BCUT2D eigenvalue weighted by molar-refractivity contribution is 5.97. The van der Waals surface area contributed by atoms with Gasteiger partial charge < -0.3 is 5.11 Å². The van der Waals surface area contributed by atoms with E-state index in [2.05, 4.69) is 0 Å². The van der Waals surface area contributed by atoms with Crippen LogP contribution < -0.4 is 0 Å². The molecule has 1 fully saturated rings. The molecule has 1 saturated heterocycles. The van der Waals surface area contributed by atoms with Crippen molar-refractivity contribution in [2.45, 2.75) is 32.3 Å². The Morgan fingerprint density at radius 2 is 1.92 bits per heavy atom. The first kappa shape index (κ1) is 9.19. The van der Waals surface area contributed by atoms with Gasteiger partial charge in [-0.05, 0) is 13.3 Å². The van der Waals surface area contributed by atoms with Gasteiger partial charge in [0.1, 0.15) is 0 Å². The average molecular weight is 171 g/mol. The molecule has 0 saturated carbocycles. The lowest BCUT2D eigenvalue weighted by Gasteiger charge is -2.25. The van der Waals surface area contributed by atoms with Crippen molar-refractivity contribution in [3.63, 3.8) is 0 Å². The van der Waals surface area contributed by atoms with E-state index in [1.54, 1.807) is 6.92 Å². The number of aliphatic hydroxyl groups is 1. The molecule has 4 heteroatoms. The average Bonchev–Trinajstić information content (AvgIpc) is 1.97. The van der Waals surface area contributed by atoms with E-state index in [1.807, 2.05) is 0 Å². The van der Waals surface area contributed by atoms with Crippen LogP contribution in [-0.2, 0) is 9.59 Å². The zero-order chi connectivity index (χ0) is 9.14. The number of β-amino-alcohol motifs (C(OH)–C–C–N with tert-alkyl or cyclic N) is 1. The maximum Gasteiger partial charge on any atom is 0.229 e. The fraction of sp³-hybridized carbons (Fsp3) is 0.750. The summed E-state index contributed by atoms with van der Waals surface area (Å²) in [5, 5.41) is 8.99. The van der Waals surface area contributed by atoms with E-state index in [-0.39, 0.29) is 18.4 Å². The number of hydrogen-bond donors (Lipinski definition) is 1. The van der Waals surface area contributed by atoms with E-state index in [4.69, 9.17) is 5.11 Å². The van der Waals surface area contributed by atoms with Crippen LogP contribution in [0.4, 0.5) is 0 Å². The molecule has 0 aromatic rings. The van der Waals surface area contributed by atoms with Crippen molar-refractivity contribution in [1.82, 2.24) is 4.90 Å². The molecule has 0 aromatic heterocycles. The Morgan fingerprint density at radius 1 is 1.42 bits per heavy atom. The summed E-state index contributed by atoms with van der Waals surface area (Å²) in [7, 11) is 0.